The number of rotatable bonds is 7. The van der Waals surface area contributed by atoms with Crippen molar-refractivity contribution in [1.29, 1.82) is 0 Å². The van der Waals surface area contributed by atoms with Crippen molar-refractivity contribution in [2.75, 3.05) is 26.7 Å². The normalized spacial score (nSPS) is 18.1. The summed E-state index contributed by atoms with van der Waals surface area (Å²) < 4.78 is 32.9. The van der Waals surface area contributed by atoms with Gasteiger partial charge >= 0.3 is 5.97 Å². The Morgan fingerprint density at radius 1 is 1.23 bits per heavy atom. The first-order valence-corrected chi connectivity index (χ1v) is 11.8. The van der Waals surface area contributed by atoms with Crippen molar-refractivity contribution in [3.8, 4) is 17.6 Å². The molecule has 0 saturated carbocycles. The summed E-state index contributed by atoms with van der Waals surface area (Å²) in [4.78, 5) is 18.4. The molecule has 2 atom stereocenters. The molecule has 2 heterocycles. The second kappa shape index (κ2) is 11.3. The average Bonchev–Trinajstić information content (AvgIpc) is 2.86. The van der Waals surface area contributed by atoms with Gasteiger partial charge in [-0.2, -0.15) is 0 Å². The predicted octanol–water partition coefficient (Wildman–Crippen LogP) is 4.92. The molecule has 0 amide bonds. The largest absolute Gasteiger partial charge is 0.497 e. The van der Waals surface area contributed by atoms with Crippen LogP contribution in [0, 0.1) is 35.3 Å². The molecule has 0 spiro atoms. The molecule has 2 aromatic carbocycles. The minimum atomic E-state index is -0.813. The highest BCUT2D eigenvalue weighted by molar-refractivity contribution is 5.83. The van der Waals surface area contributed by atoms with Crippen LogP contribution in [0.2, 0.25) is 0 Å². The Labute approximate surface area is 203 Å². The van der Waals surface area contributed by atoms with Crippen LogP contribution in [0.25, 0.3) is 10.9 Å². The van der Waals surface area contributed by atoms with Crippen molar-refractivity contribution in [2.45, 2.75) is 25.7 Å². The van der Waals surface area contributed by atoms with Crippen LogP contribution < -0.4 is 4.74 Å². The van der Waals surface area contributed by atoms with E-state index in [1.54, 1.807) is 13.3 Å². The molecule has 3 aromatic rings. The summed E-state index contributed by atoms with van der Waals surface area (Å²) in [6.07, 6.45) is 5.06. The molecule has 1 aliphatic rings. The van der Waals surface area contributed by atoms with Gasteiger partial charge in [0, 0.05) is 18.1 Å². The van der Waals surface area contributed by atoms with Crippen molar-refractivity contribution >= 4 is 16.9 Å². The minimum Gasteiger partial charge on any atom is -0.497 e. The number of fused-ring (bicyclic) bond motifs is 1. The van der Waals surface area contributed by atoms with Gasteiger partial charge in [-0.1, -0.05) is 17.9 Å². The Morgan fingerprint density at radius 2 is 2.03 bits per heavy atom. The first-order valence-electron chi connectivity index (χ1n) is 11.8. The summed E-state index contributed by atoms with van der Waals surface area (Å²) in [5.74, 6) is 3.52. The minimum absolute atomic E-state index is 0.0726. The monoisotopic (exact) mass is 478 g/mol. The molecule has 0 aliphatic carbocycles. The number of nitrogens with zero attached hydrogens (tertiary/aromatic N) is 2. The van der Waals surface area contributed by atoms with Crippen molar-refractivity contribution in [1.82, 2.24) is 9.88 Å². The topological polar surface area (TPSA) is 62.7 Å². The molecule has 0 radical (unpaired) electrons. The van der Waals surface area contributed by atoms with Crippen molar-refractivity contribution in [3.05, 3.63) is 71.4 Å². The highest BCUT2D eigenvalue weighted by Gasteiger charge is 2.33. The van der Waals surface area contributed by atoms with Gasteiger partial charge in [-0.3, -0.25) is 14.7 Å². The third-order valence-corrected chi connectivity index (χ3v) is 6.70. The second-order valence-electron chi connectivity index (χ2n) is 8.87. The summed E-state index contributed by atoms with van der Waals surface area (Å²) in [6, 6.07) is 11.5. The smallest absolute Gasteiger partial charge is 0.308 e. The van der Waals surface area contributed by atoms with E-state index in [9.17, 15) is 18.7 Å². The zero-order chi connectivity index (χ0) is 24.8. The van der Waals surface area contributed by atoms with Crippen LogP contribution in [0.3, 0.4) is 0 Å². The molecule has 5 nitrogen and oxygen atoms in total. The number of aliphatic carboxylic acids is 1. The number of ether oxygens (including phenoxy) is 1. The predicted molar refractivity (Wildman–Crippen MR) is 130 cm³/mol. The van der Waals surface area contributed by atoms with Crippen molar-refractivity contribution in [2.24, 2.45) is 11.8 Å². The molecule has 4 rings (SSSR count). The van der Waals surface area contributed by atoms with Gasteiger partial charge in [0.25, 0.3) is 0 Å². The lowest BCUT2D eigenvalue weighted by Crippen LogP contribution is -2.44. The van der Waals surface area contributed by atoms with E-state index in [0.29, 0.717) is 13.1 Å². The lowest BCUT2D eigenvalue weighted by atomic mass is 9.81. The summed E-state index contributed by atoms with van der Waals surface area (Å²) in [5, 5.41) is 10.9. The summed E-state index contributed by atoms with van der Waals surface area (Å²) in [5.41, 5.74) is 1.84. The summed E-state index contributed by atoms with van der Waals surface area (Å²) in [6.45, 7) is 1.36. The van der Waals surface area contributed by atoms with E-state index in [1.807, 2.05) is 29.2 Å². The molecule has 2 unspecified atom stereocenters. The van der Waals surface area contributed by atoms with Crippen LogP contribution in [0.5, 0.6) is 5.75 Å². The third-order valence-electron chi connectivity index (χ3n) is 6.70. The molecule has 182 valence electrons. The number of aromatic nitrogens is 1. The number of aryl methyl sites for hydroxylation is 1. The number of piperidine rings is 1. The molecule has 1 aromatic heterocycles. The van der Waals surface area contributed by atoms with Crippen LogP contribution in [0.1, 0.15) is 30.4 Å². The molecule has 1 fully saturated rings. The molecular formula is C28H28F2N2O3. The maximum atomic E-state index is 13.8. The van der Waals surface area contributed by atoms with Gasteiger partial charge in [-0.15, -0.1) is 0 Å². The lowest BCUT2D eigenvalue weighted by molar-refractivity contribution is -0.146. The van der Waals surface area contributed by atoms with Crippen LogP contribution in [0.15, 0.2) is 48.7 Å². The van der Waals surface area contributed by atoms with E-state index in [-0.39, 0.29) is 18.0 Å². The van der Waals surface area contributed by atoms with Gasteiger partial charge in [-0.05, 0) is 80.1 Å². The first-order chi connectivity index (χ1) is 17.0. The fourth-order valence-electron chi connectivity index (χ4n) is 4.78. The van der Waals surface area contributed by atoms with Crippen LogP contribution in [0.4, 0.5) is 8.78 Å². The van der Waals surface area contributed by atoms with E-state index in [4.69, 9.17) is 4.74 Å². The maximum absolute atomic E-state index is 13.8. The van der Waals surface area contributed by atoms with E-state index in [1.165, 1.54) is 23.8 Å². The summed E-state index contributed by atoms with van der Waals surface area (Å²) >= 11 is 0. The number of benzene rings is 2. The number of carboxylic acid groups (broad SMARTS) is 1. The highest BCUT2D eigenvalue weighted by atomic mass is 19.1. The van der Waals surface area contributed by atoms with Gasteiger partial charge in [0.15, 0.2) is 0 Å². The number of hydrogen-bond acceptors (Lipinski definition) is 4. The van der Waals surface area contributed by atoms with Gasteiger partial charge in [0.1, 0.15) is 17.4 Å². The number of hydrogen-bond donors (Lipinski definition) is 1. The van der Waals surface area contributed by atoms with Gasteiger partial charge in [0.2, 0.25) is 0 Å². The number of carbonyl (C=O) groups is 1. The SMILES string of the molecule is COc1ccc2nccc(CCCC3CCN(CC#Cc4c(F)cccc4F)CC3C(=O)O)c2c1. The maximum Gasteiger partial charge on any atom is 0.308 e. The standard InChI is InChI=1S/C28H28F2N2O3/c1-35-21-10-11-27-23(17-21)19(12-14-31-27)5-2-6-20-13-16-32(18-24(20)28(33)34)15-4-7-22-25(29)8-3-9-26(22)30/h3,8-12,14,17,20,24H,2,5-6,13,15-16,18H2,1H3,(H,33,34). The Balaban J connectivity index is 1.35. The third kappa shape index (κ3) is 5.95. The molecular weight excluding hydrogens is 450 g/mol. The van der Waals surface area contributed by atoms with Crippen molar-refractivity contribution < 1.29 is 23.4 Å². The molecule has 1 aliphatic heterocycles. The van der Waals surface area contributed by atoms with E-state index >= 15 is 0 Å². The van der Waals surface area contributed by atoms with Gasteiger partial charge < -0.3 is 9.84 Å². The number of carboxylic acids is 1. The molecule has 7 heteroatoms. The second-order valence-corrected chi connectivity index (χ2v) is 8.87. The fourth-order valence-corrected chi connectivity index (χ4v) is 4.78. The van der Waals surface area contributed by atoms with E-state index in [2.05, 4.69) is 16.8 Å². The van der Waals surface area contributed by atoms with E-state index < -0.39 is 23.5 Å². The van der Waals surface area contributed by atoms with Crippen molar-refractivity contribution in [3.63, 3.8) is 0 Å². The van der Waals surface area contributed by atoms with Crippen LogP contribution >= 0.6 is 0 Å². The number of methoxy groups -OCH3 is 1. The number of pyridine rings is 1. The highest BCUT2D eigenvalue weighted by Crippen LogP contribution is 2.30. The lowest BCUT2D eigenvalue weighted by Gasteiger charge is -2.35. The van der Waals surface area contributed by atoms with E-state index in [0.717, 1.165) is 42.3 Å². The quantitative estimate of drug-likeness (QED) is 0.489. The Kier molecular flexibility index (Phi) is 7.94. The van der Waals surface area contributed by atoms with Crippen LogP contribution in [-0.2, 0) is 11.2 Å². The zero-order valence-electron chi connectivity index (χ0n) is 19.6. The number of halogens is 2. The van der Waals surface area contributed by atoms with Crippen LogP contribution in [-0.4, -0.2) is 47.7 Å². The Bertz CT molecular complexity index is 1250. The fraction of sp³-hybridized carbons (Fsp3) is 0.357. The Hall–Kier alpha value is -3.50. The molecule has 0 bridgehead atoms. The molecule has 1 saturated heterocycles. The molecule has 35 heavy (non-hydrogen) atoms. The zero-order valence-corrected chi connectivity index (χ0v) is 19.6. The molecule has 1 N–H and O–H groups in total. The van der Waals surface area contributed by atoms with Gasteiger partial charge in [0.05, 0.1) is 30.7 Å². The first kappa shape index (κ1) is 24.6. The number of likely N-dealkylation sites (tertiary alicyclic amines) is 1. The average molecular weight is 479 g/mol. The van der Waals surface area contributed by atoms with Gasteiger partial charge in [-0.25, -0.2) is 8.78 Å². The Morgan fingerprint density at radius 3 is 2.77 bits per heavy atom. The summed E-state index contributed by atoms with van der Waals surface area (Å²) in [7, 11) is 1.64.